The van der Waals surface area contributed by atoms with Crippen LogP contribution in [0.4, 0.5) is 0 Å². The standard InChI is InChI=1S/C42H76N4O4/c1-39(2)29-43-33(27-31-15-11-9-12-16-31)41(5,6)37(39)49-35(47)19-21-45-23-25-46(26-24-45)22-20-36(48)50-38-40(3,4)30-44-34(42(38,7)8)28-32-17-13-10-14-18-32/h31-34,37-38,43-44H,9-30H2,1-8H3. The van der Waals surface area contributed by atoms with Gasteiger partial charge in [0.15, 0.2) is 0 Å². The number of piperidine rings is 2. The predicted octanol–water partition coefficient (Wildman–Crippen LogP) is 7.20. The summed E-state index contributed by atoms with van der Waals surface area (Å²) in [4.78, 5) is 31.4. The van der Waals surface area contributed by atoms with E-state index in [2.05, 4.69) is 75.8 Å². The minimum Gasteiger partial charge on any atom is -0.461 e. The highest BCUT2D eigenvalue weighted by Gasteiger charge is 2.53. The normalized spacial score (nSPS) is 32.3. The number of nitrogens with one attached hydrogen (secondary N) is 2. The highest BCUT2D eigenvalue weighted by atomic mass is 16.6. The van der Waals surface area contributed by atoms with Gasteiger partial charge in [0.2, 0.25) is 0 Å². The van der Waals surface area contributed by atoms with Gasteiger partial charge in [-0.15, -0.1) is 0 Å². The Morgan fingerprint density at radius 1 is 0.560 bits per heavy atom. The van der Waals surface area contributed by atoms with Gasteiger partial charge in [-0.3, -0.25) is 9.59 Å². The Bertz CT molecular complexity index is 1020. The van der Waals surface area contributed by atoms with Crippen LogP contribution in [-0.4, -0.2) is 98.4 Å². The van der Waals surface area contributed by atoms with Gasteiger partial charge in [-0.1, -0.05) is 120 Å². The molecular weight excluding hydrogens is 624 g/mol. The smallest absolute Gasteiger partial charge is 0.307 e. The lowest BCUT2D eigenvalue weighted by molar-refractivity contribution is -0.176. The maximum atomic E-state index is 13.3. The van der Waals surface area contributed by atoms with Gasteiger partial charge in [0.1, 0.15) is 12.2 Å². The molecule has 2 aliphatic carbocycles. The van der Waals surface area contributed by atoms with Crippen molar-refractivity contribution < 1.29 is 19.1 Å². The Morgan fingerprint density at radius 3 is 1.24 bits per heavy atom. The number of carbonyl (C=O) groups is 2. The lowest BCUT2D eigenvalue weighted by Gasteiger charge is -2.53. The fourth-order valence-corrected chi connectivity index (χ4v) is 10.9. The van der Waals surface area contributed by atoms with Crippen LogP contribution < -0.4 is 10.6 Å². The van der Waals surface area contributed by atoms with E-state index in [9.17, 15) is 9.59 Å². The second kappa shape index (κ2) is 16.8. The molecule has 0 bridgehead atoms. The molecule has 5 rings (SSSR count). The highest BCUT2D eigenvalue weighted by molar-refractivity contribution is 5.70. The molecule has 0 aromatic rings. The van der Waals surface area contributed by atoms with Gasteiger partial charge >= 0.3 is 11.9 Å². The maximum absolute atomic E-state index is 13.3. The van der Waals surface area contributed by atoms with Crippen molar-refractivity contribution in [3.63, 3.8) is 0 Å². The molecule has 50 heavy (non-hydrogen) atoms. The molecule has 5 aliphatic rings. The first kappa shape index (κ1) is 40.0. The third kappa shape index (κ3) is 10.0. The second-order valence-corrected chi connectivity index (χ2v) is 19.9. The molecule has 4 atom stereocenters. The molecule has 3 heterocycles. The zero-order chi connectivity index (χ0) is 36.2. The lowest BCUT2D eigenvalue weighted by atomic mass is 9.62. The first-order valence-corrected chi connectivity index (χ1v) is 20.9. The van der Waals surface area contributed by atoms with Crippen molar-refractivity contribution in [2.45, 2.75) is 170 Å². The summed E-state index contributed by atoms with van der Waals surface area (Å²) in [6, 6.07) is 0.755. The van der Waals surface area contributed by atoms with Crippen LogP contribution in [0.5, 0.6) is 0 Å². The Balaban J connectivity index is 1.03. The number of carbonyl (C=O) groups excluding carboxylic acids is 2. The van der Waals surface area contributed by atoms with Crippen LogP contribution in [0.1, 0.15) is 145 Å². The van der Waals surface area contributed by atoms with E-state index in [1.807, 2.05) is 0 Å². The number of ether oxygens (including phenoxy) is 2. The highest BCUT2D eigenvalue weighted by Crippen LogP contribution is 2.47. The van der Waals surface area contributed by atoms with Crippen molar-refractivity contribution in [2.24, 2.45) is 33.5 Å². The van der Waals surface area contributed by atoms with Crippen LogP contribution in [0.25, 0.3) is 0 Å². The summed E-state index contributed by atoms with van der Waals surface area (Å²) >= 11 is 0. The summed E-state index contributed by atoms with van der Waals surface area (Å²) in [6.07, 6.45) is 16.6. The molecule has 2 N–H and O–H groups in total. The first-order chi connectivity index (χ1) is 23.6. The van der Waals surface area contributed by atoms with Gasteiger partial charge in [-0.2, -0.15) is 0 Å². The van der Waals surface area contributed by atoms with Gasteiger partial charge in [0, 0.05) is 86.1 Å². The van der Waals surface area contributed by atoms with Crippen molar-refractivity contribution in [1.29, 1.82) is 0 Å². The van der Waals surface area contributed by atoms with Crippen molar-refractivity contribution in [1.82, 2.24) is 20.4 Å². The fraction of sp³-hybridized carbons (Fsp3) is 0.952. The predicted molar refractivity (Wildman–Crippen MR) is 203 cm³/mol. The average Bonchev–Trinajstić information content (AvgIpc) is 3.07. The molecule has 8 heteroatoms. The summed E-state index contributed by atoms with van der Waals surface area (Å²) in [7, 11) is 0. The zero-order valence-electron chi connectivity index (χ0n) is 33.5. The van der Waals surface area contributed by atoms with Crippen molar-refractivity contribution >= 4 is 11.9 Å². The minimum atomic E-state index is -0.113. The van der Waals surface area contributed by atoms with E-state index in [1.165, 1.54) is 77.0 Å². The molecule has 288 valence electrons. The van der Waals surface area contributed by atoms with Crippen molar-refractivity contribution in [3.8, 4) is 0 Å². The van der Waals surface area contributed by atoms with Gasteiger partial charge < -0.3 is 29.9 Å². The number of rotatable bonds is 12. The van der Waals surface area contributed by atoms with E-state index < -0.39 is 0 Å². The molecule has 4 unspecified atom stereocenters. The molecule has 0 aromatic heterocycles. The summed E-state index contributed by atoms with van der Waals surface area (Å²) in [5.41, 5.74) is -0.439. The molecule has 0 radical (unpaired) electrons. The Hall–Kier alpha value is -1.22. The van der Waals surface area contributed by atoms with Crippen LogP contribution in [0.3, 0.4) is 0 Å². The minimum absolute atomic E-state index is 0.0654. The first-order valence-electron chi connectivity index (χ1n) is 20.9. The SMILES string of the molecule is CC1(C)CNC(CC2CCCCC2)C(C)(C)C1OC(=O)CCN1CCN(CCC(=O)OC2C(C)(C)CNC(CC3CCCCC3)C2(C)C)CC1. The van der Waals surface area contributed by atoms with Crippen LogP contribution >= 0.6 is 0 Å². The number of hydrogen-bond donors (Lipinski definition) is 2. The van der Waals surface area contributed by atoms with E-state index >= 15 is 0 Å². The second-order valence-electron chi connectivity index (χ2n) is 19.9. The number of esters is 2. The summed E-state index contributed by atoms with van der Waals surface area (Å²) in [6.45, 7) is 25.1. The molecule has 2 saturated carbocycles. The molecular formula is C42H76N4O4. The van der Waals surface area contributed by atoms with Crippen molar-refractivity contribution in [2.75, 3.05) is 52.4 Å². The quantitative estimate of drug-likeness (QED) is 0.207. The van der Waals surface area contributed by atoms with E-state index in [4.69, 9.17) is 9.47 Å². The van der Waals surface area contributed by atoms with Crippen molar-refractivity contribution in [3.05, 3.63) is 0 Å². The van der Waals surface area contributed by atoms with Crippen LogP contribution in [0.15, 0.2) is 0 Å². The number of hydrogen-bond acceptors (Lipinski definition) is 8. The van der Waals surface area contributed by atoms with Gasteiger partial charge in [-0.05, 0) is 24.7 Å². The average molecular weight is 701 g/mol. The fourth-order valence-electron chi connectivity index (χ4n) is 10.9. The van der Waals surface area contributed by atoms with E-state index in [0.29, 0.717) is 24.9 Å². The monoisotopic (exact) mass is 701 g/mol. The molecule has 3 aliphatic heterocycles. The zero-order valence-corrected chi connectivity index (χ0v) is 33.5. The van der Waals surface area contributed by atoms with Gasteiger partial charge in [0.05, 0.1) is 12.8 Å². The largest absolute Gasteiger partial charge is 0.461 e. The van der Waals surface area contributed by atoms with Crippen LogP contribution in [0.2, 0.25) is 0 Å². The molecule has 0 amide bonds. The number of piperazine rings is 1. The van der Waals surface area contributed by atoms with Crippen LogP contribution in [-0.2, 0) is 19.1 Å². The summed E-state index contributed by atoms with van der Waals surface area (Å²) < 4.78 is 12.8. The topological polar surface area (TPSA) is 83.1 Å². The summed E-state index contributed by atoms with van der Waals surface area (Å²) in [5.74, 6) is 1.45. The molecule has 5 fully saturated rings. The Labute approximate surface area is 306 Å². The Kier molecular flexibility index (Phi) is 13.5. The van der Waals surface area contributed by atoms with E-state index in [0.717, 1.165) is 64.2 Å². The number of nitrogens with zero attached hydrogens (tertiary/aromatic N) is 2. The Morgan fingerprint density at radius 2 is 0.900 bits per heavy atom. The summed E-state index contributed by atoms with van der Waals surface area (Å²) in [5, 5.41) is 7.72. The molecule has 3 saturated heterocycles. The van der Waals surface area contributed by atoms with E-state index in [1.54, 1.807) is 0 Å². The van der Waals surface area contributed by atoms with Crippen LogP contribution in [0, 0.1) is 33.5 Å². The maximum Gasteiger partial charge on any atom is 0.307 e. The third-order valence-corrected chi connectivity index (χ3v) is 14.0. The third-order valence-electron chi connectivity index (χ3n) is 14.0. The van der Waals surface area contributed by atoms with Gasteiger partial charge in [-0.25, -0.2) is 0 Å². The molecule has 0 aromatic carbocycles. The van der Waals surface area contributed by atoms with E-state index in [-0.39, 0.29) is 45.8 Å². The molecule has 0 spiro atoms. The van der Waals surface area contributed by atoms with Gasteiger partial charge in [0.25, 0.3) is 0 Å². The lowest BCUT2D eigenvalue weighted by Crippen LogP contribution is -2.64. The molecule has 8 nitrogen and oxygen atoms in total.